The van der Waals surface area contributed by atoms with Crippen molar-refractivity contribution in [2.45, 2.75) is 5.75 Å². The highest BCUT2D eigenvalue weighted by Gasteiger charge is 2.12. The maximum absolute atomic E-state index is 5.65. The molecule has 0 amide bonds. The van der Waals surface area contributed by atoms with Crippen molar-refractivity contribution in [3.8, 4) is 17.2 Å². The van der Waals surface area contributed by atoms with E-state index in [1.165, 1.54) is 0 Å². The predicted molar refractivity (Wildman–Crippen MR) is 82.3 cm³/mol. The number of hydrogen-bond donors (Lipinski definition) is 0. The summed E-state index contributed by atoms with van der Waals surface area (Å²) < 4.78 is 11.9. The highest BCUT2D eigenvalue weighted by atomic mass is 32.2. The Morgan fingerprint density at radius 3 is 2.85 bits per heavy atom. The lowest BCUT2D eigenvalue weighted by Crippen LogP contribution is -1.84. The van der Waals surface area contributed by atoms with Gasteiger partial charge in [0.1, 0.15) is 10.1 Å². The average molecular weight is 307 g/mol. The Kier molecular flexibility index (Phi) is 4.27. The third-order valence-electron chi connectivity index (χ3n) is 2.68. The van der Waals surface area contributed by atoms with Gasteiger partial charge in [0.2, 0.25) is 11.8 Å². The second kappa shape index (κ2) is 6.32. The van der Waals surface area contributed by atoms with Gasteiger partial charge in [-0.05, 0) is 24.3 Å². The molecular weight excluding hydrogens is 294 g/mol. The zero-order valence-corrected chi connectivity index (χ0v) is 12.5. The number of rotatable bonds is 4. The highest BCUT2D eigenvalue weighted by molar-refractivity contribution is 8.38. The minimum atomic E-state index is 0.532. The highest BCUT2D eigenvalue weighted by Crippen LogP contribution is 2.26. The molecule has 1 aliphatic rings. The van der Waals surface area contributed by atoms with Gasteiger partial charge in [-0.15, -0.1) is 10.2 Å². The summed E-state index contributed by atoms with van der Waals surface area (Å²) in [6.45, 7) is 0.911. The third kappa shape index (κ3) is 3.16. The number of aromatic nitrogens is 2. The van der Waals surface area contributed by atoms with E-state index < -0.39 is 0 Å². The van der Waals surface area contributed by atoms with Gasteiger partial charge in [-0.25, -0.2) is 0 Å². The predicted octanol–water partition coefficient (Wildman–Crippen LogP) is 3.08. The minimum Gasteiger partial charge on any atom is -0.497 e. The van der Waals surface area contributed by atoms with E-state index >= 15 is 0 Å². The van der Waals surface area contributed by atoms with Crippen LogP contribution >= 0.6 is 23.5 Å². The number of methoxy groups -OCH3 is 1. The van der Waals surface area contributed by atoms with Crippen molar-refractivity contribution in [3.63, 3.8) is 0 Å². The molecule has 1 aromatic carbocycles. The molecule has 20 heavy (non-hydrogen) atoms. The van der Waals surface area contributed by atoms with Crippen LogP contribution in [0.15, 0.2) is 33.7 Å². The first kappa shape index (κ1) is 13.5. The summed E-state index contributed by atoms with van der Waals surface area (Å²) in [4.78, 5) is 4.37. The summed E-state index contributed by atoms with van der Waals surface area (Å²) in [7, 11) is 1.64. The van der Waals surface area contributed by atoms with Crippen LogP contribution in [0.3, 0.4) is 0 Å². The number of nitrogens with zero attached hydrogens (tertiary/aromatic N) is 3. The summed E-state index contributed by atoms with van der Waals surface area (Å²) in [6.07, 6.45) is 0. The van der Waals surface area contributed by atoms with Gasteiger partial charge in [-0.1, -0.05) is 23.5 Å². The molecule has 0 spiro atoms. The quantitative estimate of drug-likeness (QED) is 0.865. The van der Waals surface area contributed by atoms with E-state index in [4.69, 9.17) is 9.15 Å². The molecule has 0 atom stereocenters. The van der Waals surface area contributed by atoms with Crippen LogP contribution in [-0.2, 0) is 5.75 Å². The fraction of sp³-hybridized carbons (Fsp3) is 0.308. The molecule has 2 heterocycles. The zero-order chi connectivity index (χ0) is 13.8. The number of aliphatic imine (C=N–C) groups is 1. The van der Waals surface area contributed by atoms with E-state index in [0.29, 0.717) is 17.5 Å². The third-order valence-corrected chi connectivity index (χ3v) is 4.92. The summed E-state index contributed by atoms with van der Waals surface area (Å²) in [5.74, 6) is 3.69. The molecule has 0 unspecified atom stereocenters. The van der Waals surface area contributed by atoms with Gasteiger partial charge >= 0.3 is 0 Å². The second-order valence-electron chi connectivity index (χ2n) is 4.01. The van der Waals surface area contributed by atoms with Crippen LogP contribution in [0.5, 0.6) is 5.75 Å². The van der Waals surface area contributed by atoms with Crippen molar-refractivity contribution in [1.29, 1.82) is 0 Å². The number of thioether (sulfide) groups is 2. The Balaban J connectivity index is 1.66. The Bertz CT molecular complexity index is 610. The zero-order valence-electron chi connectivity index (χ0n) is 10.9. The molecule has 0 bridgehead atoms. The van der Waals surface area contributed by atoms with Crippen LogP contribution in [0.25, 0.3) is 11.5 Å². The Morgan fingerprint density at radius 2 is 2.15 bits per heavy atom. The van der Waals surface area contributed by atoms with Crippen LogP contribution < -0.4 is 4.74 Å². The largest absolute Gasteiger partial charge is 0.497 e. The number of ether oxygens (including phenoxy) is 1. The fourth-order valence-electron chi connectivity index (χ4n) is 1.69. The minimum absolute atomic E-state index is 0.532. The van der Waals surface area contributed by atoms with Crippen LogP contribution in [0, 0.1) is 0 Å². The van der Waals surface area contributed by atoms with Gasteiger partial charge in [-0.3, -0.25) is 4.99 Å². The van der Waals surface area contributed by atoms with E-state index in [1.807, 2.05) is 24.3 Å². The maximum Gasteiger partial charge on any atom is 0.247 e. The van der Waals surface area contributed by atoms with Crippen molar-refractivity contribution in [2.24, 2.45) is 4.99 Å². The number of hydrogen-bond acceptors (Lipinski definition) is 7. The summed E-state index contributed by atoms with van der Waals surface area (Å²) in [5.41, 5.74) is 0.891. The van der Waals surface area contributed by atoms with Crippen molar-refractivity contribution in [1.82, 2.24) is 10.2 Å². The lowest BCUT2D eigenvalue weighted by atomic mass is 10.2. The Morgan fingerprint density at radius 1 is 1.30 bits per heavy atom. The van der Waals surface area contributed by atoms with Crippen LogP contribution in [0.1, 0.15) is 5.89 Å². The summed E-state index contributed by atoms with van der Waals surface area (Å²) >= 11 is 3.43. The molecule has 2 aromatic rings. The normalized spacial score (nSPS) is 14.3. The van der Waals surface area contributed by atoms with E-state index in [9.17, 15) is 0 Å². The van der Waals surface area contributed by atoms with Crippen molar-refractivity contribution < 1.29 is 9.15 Å². The molecule has 7 heteroatoms. The van der Waals surface area contributed by atoms with E-state index in [1.54, 1.807) is 30.6 Å². The molecule has 5 nitrogen and oxygen atoms in total. The molecule has 3 rings (SSSR count). The SMILES string of the molecule is COc1ccc(-c2nnc(CSC3=NCCS3)o2)cc1. The molecule has 0 N–H and O–H groups in total. The average Bonchev–Trinajstić information content (AvgIpc) is 3.17. The fourth-order valence-corrected chi connectivity index (χ4v) is 3.53. The van der Waals surface area contributed by atoms with E-state index in [2.05, 4.69) is 15.2 Å². The first-order chi connectivity index (χ1) is 9.85. The van der Waals surface area contributed by atoms with Crippen molar-refractivity contribution >= 4 is 27.9 Å². The monoisotopic (exact) mass is 307 g/mol. The van der Waals surface area contributed by atoms with Crippen LogP contribution in [0.4, 0.5) is 0 Å². The van der Waals surface area contributed by atoms with Gasteiger partial charge in [0.05, 0.1) is 19.4 Å². The van der Waals surface area contributed by atoms with Crippen molar-refractivity contribution in [3.05, 3.63) is 30.2 Å². The second-order valence-corrected chi connectivity index (χ2v) is 6.32. The summed E-state index contributed by atoms with van der Waals surface area (Å²) in [6, 6.07) is 7.55. The van der Waals surface area contributed by atoms with Crippen LogP contribution in [0.2, 0.25) is 0 Å². The molecule has 0 aliphatic carbocycles. The molecule has 1 aromatic heterocycles. The smallest absolute Gasteiger partial charge is 0.247 e. The van der Waals surface area contributed by atoms with E-state index in [-0.39, 0.29) is 0 Å². The molecule has 1 aliphatic heterocycles. The summed E-state index contributed by atoms with van der Waals surface area (Å²) in [5, 5.41) is 8.13. The van der Waals surface area contributed by atoms with Gasteiger partial charge in [-0.2, -0.15) is 0 Å². The van der Waals surface area contributed by atoms with Gasteiger partial charge < -0.3 is 9.15 Å². The van der Waals surface area contributed by atoms with Crippen LogP contribution in [-0.4, -0.2) is 34.0 Å². The molecule has 0 saturated carbocycles. The number of benzene rings is 1. The van der Waals surface area contributed by atoms with E-state index in [0.717, 1.165) is 28.0 Å². The molecular formula is C13H13N3O2S2. The maximum atomic E-state index is 5.65. The lowest BCUT2D eigenvalue weighted by Gasteiger charge is -1.99. The molecule has 104 valence electrons. The standard InChI is InChI=1S/C13H13N3O2S2/c1-17-10-4-2-9(3-5-10)12-16-15-11(18-12)8-20-13-14-6-7-19-13/h2-5H,6-8H2,1H3. The van der Waals surface area contributed by atoms with Gasteiger partial charge in [0, 0.05) is 11.3 Å². The Hall–Kier alpha value is -1.47. The lowest BCUT2D eigenvalue weighted by molar-refractivity contribution is 0.415. The van der Waals surface area contributed by atoms with Gasteiger partial charge in [0.15, 0.2) is 0 Å². The van der Waals surface area contributed by atoms with Crippen molar-refractivity contribution in [2.75, 3.05) is 19.4 Å². The topological polar surface area (TPSA) is 60.5 Å². The first-order valence-corrected chi connectivity index (χ1v) is 8.09. The first-order valence-electron chi connectivity index (χ1n) is 6.12. The van der Waals surface area contributed by atoms with Gasteiger partial charge in [0.25, 0.3) is 0 Å². The Labute approximate surface area is 125 Å². The molecule has 0 radical (unpaired) electrons. The molecule has 0 fully saturated rings. The molecule has 0 saturated heterocycles.